The first kappa shape index (κ1) is 20.0. The third-order valence-electron chi connectivity index (χ3n) is 4.18. The van der Waals surface area contributed by atoms with Crippen molar-refractivity contribution < 1.29 is 22.8 Å². The summed E-state index contributed by atoms with van der Waals surface area (Å²) in [4.78, 5) is 26.7. The molecule has 28 heavy (non-hydrogen) atoms. The predicted octanol–water partition coefficient (Wildman–Crippen LogP) is 3.87. The van der Waals surface area contributed by atoms with Gasteiger partial charge in [-0.2, -0.15) is 18.4 Å². The molecular weight excluding hydrogens is 439 g/mol. The third-order valence-corrected chi connectivity index (χ3v) is 4.84. The quantitative estimate of drug-likeness (QED) is 0.647. The van der Waals surface area contributed by atoms with Crippen molar-refractivity contribution in [1.82, 2.24) is 4.90 Å². The lowest BCUT2D eigenvalue weighted by molar-refractivity contribution is -0.147. The molecule has 0 radical (unpaired) electrons. The van der Waals surface area contributed by atoms with Crippen LogP contribution in [0.3, 0.4) is 0 Å². The first-order chi connectivity index (χ1) is 13.2. The molecule has 2 aromatic rings. The molecule has 0 fully saturated rings. The van der Waals surface area contributed by atoms with Gasteiger partial charge in [0, 0.05) is 11.0 Å². The molecule has 3 rings (SSSR count). The number of carbonyl (C=O) groups excluding carboxylic acids is 2. The highest BCUT2D eigenvalue weighted by molar-refractivity contribution is 9.10. The molecule has 0 N–H and O–H groups in total. The molecule has 0 aliphatic carbocycles. The Morgan fingerprint density at radius 2 is 1.79 bits per heavy atom. The summed E-state index contributed by atoms with van der Waals surface area (Å²) in [5.74, 6) is -1.62. The van der Waals surface area contributed by atoms with E-state index in [4.69, 9.17) is 5.26 Å². The second-order valence-corrected chi connectivity index (χ2v) is 7.10. The molecule has 5 nitrogen and oxygen atoms in total. The molecule has 0 saturated carbocycles. The van der Waals surface area contributed by atoms with Gasteiger partial charge >= 0.3 is 12.1 Å². The van der Waals surface area contributed by atoms with Gasteiger partial charge in [0.1, 0.15) is 0 Å². The molecule has 0 aromatic heterocycles. The number of fused-ring (bicyclic) bond motifs is 1. The summed E-state index contributed by atoms with van der Waals surface area (Å²) in [7, 11) is 0. The highest BCUT2D eigenvalue weighted by Gasteiger charge is 2.39. The second-order valence-electron chi connectivity index (χ2n) is 6.25. The zero-order valence-corrected chi connectivity index (χ0v) is 15.9. The third kappa shape index (κ3) is 4.24. The minimum atomic E-state index is -4.49. The standard InChI is InChI=1S/C19H13BrF3N3O2/c20-14-2-1-3-15-16(14)17(27)18(28)26(15)11-25(10-19(21,22)23)9-13-6-4-12(8-24)5-7-13/h1-7H,9-11H2. The van der Waals surface area contributed by atoms with Crippen LogP contribution in [0.1, 0.15) is 21.5 Å². The molecule has 1 aliphatic rings. The van der Waals surface area contributed by atoms with Gasteiger partial charge in [-0.25, -0.2) is 0 Å². The van der Waals surface area contributed by atoms with E-state index in [1.165, 1.54) is 18.2 Å². The molecular formula is C19H13BrF3N3O2. The summed E-state index contributed by atoms with van der Waals surface area (Å²) in [6.07, 6.45) is -4.49. The molecule has 0 saturated heterocycles. The lowest BCUT2D eigenvalue weighted by Crippen LogP contribution is -2.44. The van der Waals surface area contributed by atoms with Crippen LogP contribution in [-0.4, -0.2) is 36.0 Å². The average molecular weight is 452 g/mol. The Balaban J connectivity index is 1.87. The summed E-state index contributed by atoms with van der Waals surface area (Å²) in [6, 6.07) is 12.8. The first-order valence-electron chi connectivity index (χ1n) is 8.12. The topological polar surface area (TPSA) is 64.4 Å². The average Bonchev–Trinajstić information content (AvgIpc) is 2.87. The Morgan fingerprint density at radius 1 is 1.11 bits per heavy atom. The number of rotatable bonds is 5. The van der Waals surface area contributed by atoms with Gasteiger partial charge in [0.05, 0.1) is 36.1 Å². The van der Waals surface area contributed by atoms with Gasteiger partial charge in [0.25, 0.3) is 5.78 Å². The maximum absolute atomic E-state index is 13.1. The van der Waals surface area contributed by atoms with Crippen LogP contribution in [0.15, 0.2) is 46.9 Å². The Morgan fingerprint density at radius 3 is 2.39 bits per heavy atom. The largest absolute Gasteiger partial charge is 0.401 e. The smallest absolute Gasteiger partial charge is 0.291 e. The lowest BCUT2D eigenvalue weighted by atomic mass is 10.1. The van der Waals surface area contributed by atoms with Gasteiger partial charge in [-0.05, 0) is 45.8 Å². The number of hydrogen-bond donors (Lipinski definition) is 0. The van der Waals surface area contributed by atoms with Crippen LogP contribution in [0, 0.1) is 11.3 Å². The molecule has 144 valence electrons. The van der Waals surface area contributed by atoms with E-state index in [0.29, 0.717) is 15.6 Å². The van der Waals surface area contributed by atoms with E-state index in [1.54, 1.807) is 24.3 Å². The Hall–Kier alpha value is -2.70. The maximum Gasteiger partial charge on any atom is 0.401 e. The Bertz CT molecular complexity index is 968. The number of Topliss-reactive ketones (excluding diaryl/α,β-unsaturated/α-hetero) is 1. The van der Waals surface area contributed by atoms with E-state index >= 15 is 0 Å². The van der Waals surface area contributed by atoms with E-state index in [0.717, 1.165) is 9.80 Å². The van der Waals surface area contributed by atoms with Gasteiger partial charge in [0.2, 0.25) is 0 Å². The number of nitrogens with zero attached hydrogens (tertiary/aromatic N) is 3. The van der Waals surface area contributed by atoms with Crippen molar-refractivity contribution in [2.24, 2.45) is 0 Å². The van der Waals surface area contributed by atoms with Crippen molar-refractivity contribution in [3.63, 3.8) is 0 Å². The van der Waals surface area contributed by atoms with Crippen molar-refractivity contribution in [3.05, 3.63) is 63.6 Å². The minimum absolute atomic E-state index is 0.105. The monoisotopic (exact) mass is 451 g/mol. The van der Waals surface area contributed by atoms with E-state index in [9.17, 15) is 22.8 Å². The van der Waals surface area contributed by atoms with E-state index in [1.807, 2.05) is 6.07 Å². The van der Waals surface area contributed by atoms with Crippen molar-refractivity contribution >= 4 is 33.3 Å². The Kier molecular flexibility index (Phi) is 5.54. The van der Waals surface area contributed by atoms with Crippen LogP contribution in [0.4, 0.5) is 18.9 Å². The molecule has 1 amide bonds. The number of halogens is 4. The Labute approximate surface area is 167 Å². The van der Waals surface area contributed by atoms with Gasteiger partial charge in [0.15, 0.2) is 0 Å². The van der Waals surface area contributed by atoms with Gasteiger partial charge in [-0.3, -0.25) is 19.4 Å². The predicted molar refractivity (Wildman–Crippen MR) is 98.4 cm³/mol. The van der Waals surface area contributed by atoms with Crippen molar-refractivity contribution in [1.29, 1.82) is 5.26 Å². The number of carbonyl (C=O) groups is 2. The molecule has 1 aliphatic heterocycles. The molecule has 0 spiro atoms. The van der Waals surface area contributed by atoms with Crippen molar-refractivity contribution in [2.45, 2.75) is 12.7 Å². The minimum Gasteiger partial charge on any atom is -0.291 e. The van der Waals surface area contributed by atoms with Crippen LogP contribution >= 0.6 is 15.9 Å². The summed E-state index contributed by atoms with van der Waals surface area (Å²) in [5.41, 5.74) is 1.37. The second kappa shape index (κ2) is 7.73. The van der Waals surface area contributed by atoms with Gasteiger partial charge in [-0.15, -0.1) is 0 Å². The number of amides is 1. The number of benzene rings is 2. The van der Waals surface area contributed by atoms with Crippen LogP contribution < -0.4 is 4.90 Å². The van der Waals surface area contributed by atoms with Crippen LogP contribution in [0.5, 0.6) is 0 Å². The fourth-order valence-corrected chi connectivity index (χ4v) is 3.53. The fraction of sp³-hybridized carbons (Fsp3) is 0.211. The highest BCUT2D eigenvalue weighted by atomic mass is 79.9. The van der Waals surface area contributed by atoms with Crippen LogP contribution in [-0.2, 0) is 11.3 Å². The lowest BCUT2D eigenvalue weighted by Gasteiger charge is -2.28. The molecule has 0 unspecified atom stereocenters. The SMILES string of the molecule is N#Cc1ccc(CN(CN2C(=O)C(=O)c3c(Br)cccc32)CC(F)(F)F)cc1. The molecule has 9 heteroatoms. The van der Waals surface area contributed by atoms with Crippen molar-refractivity contribution in [3.8, 4) is 6.07 Å². The summed E-state index contributed by atoms with van der Waals surface area (Å²) in [6.45, 7) is -1.76. The summed E-state index contributed by atoms with van der Waals surface area (Å²) < 4.78 is 39.6. The van der Waals surface area contributed by atoms with E-state index < -0.39 is 31.1 Å². The normalized spacial score (nSPS) is 13.8. The molecule has 2 aromatic carbocycles. The number of ketones is 1. The fourth-order valence-electron chi connectivity index (χ4n) is 2.99. The maximum atomic E-state index is 13.1. The van der Waals surface area contributed by atoms with Gasteiger partial charge < -0.3 is 0 Å². The zero-order chi connectivity index (χ0) is 20.5. The molecule has 1 heterocycles. The molecule has 0 bridgehead atoms. The zero-order valence-electron chi connectivity index (χ0n) is 14.3. The number of alkyl halides is 3. The number of anilines is 1. The summed E-state index contributed by atoms with van der Waals surface area (Å²) in [5, 5.41) is 8.83. The van der Waals surface area contributed by atoms with E-state index in [-0.39, 0.29) is 17.8 Å². The number of hydrogen-bond acceptors (Lipinski definition) is 4. The van der Waals surface area contributed by atoms with Crippen LogP contribution in [0.2, 0.25) is 0 Å². The number of nitriles is 1. The van der Waals surface area contributed by atoms with Crippen LogP contribution in [0.25, 0.3) is 0 Å². The van der Waals surface area contributed by atoms with Crippen molar-refractivity contribution in [2.75, 3.05) is 18.1 Å². The summed E-state index contributed by atoms with van der Waals surface area (Å²) >= 11 is 3.21. The van der Waals surface area contributed by atoms with Gasteiger partial charge in [-0.1, -0.05) is 18.2 Å². The first-order valence-corrected chi connectivity index (χ1v) is 8.92. The van der Waals surface area contributed by atoms with E-state index in [2.05, 4.69) is 15.9 Å². The highest BCUT2D eigenvalue weighted by Crippen LogP contribution is 2.34. The molecule has 0 atom stereocenters.